The second kappa shape index (κ2) is 6.83. The predicted molar refractivity (Wildman–Crippen MR) is 97.5 cm³/mol. The summed E-state index contributed by atoms with van der Waals surface area (Å²) in [6.45, 7) is 4.00. The lowest BCUT2D eigenvalue weighted by Crippen LogP contribution is -2.13. The molecule has 0 spiro atoms. The molecule has 3 aromatic rings. The summed E-state index contributed by atoms with van der Waals surface area (Å²) >= 11 is 12.2. The van der Waals surface area contributed by atoms with Gasteiger partial charge in [0.05, 0.1) is 10.6 Å². The Morgan fingerprint density at radius 3 is 2.75 bits per heavy atom. The molecule has 0 unspecified atom stereocenters. The third-order valence-corrected chi connectivity index (χ3v) is 3.99. The summed E-state index contributed by atoms with van der Waals surface area (Å²) in [7, 11) is 0. The number of carbonyl (C=O) groups is 1. The minimum absolute atomic E-state index is 0.0223. The van der Waals surface area contributed by atoms with E-state index in [1.807, 2.05) is 13.8 Å². The van der Waals surface area contributed by atoms with Gasteiger partial charge in [0, 0.05) is 17.1 Å². The van der Waals surface area contributed by atoms with Gasteiger partial charge in [-0.3, -0.25) is 4.79 Å². The van der Waals surface area contributed by atoms with Crippen molar-refractivity contribution in [1.29, 1.82) is 0 Å². The number of rotatable bonds is 4. The van der Waals surface area contributed by atoms with Crippen LogP contribution in [0.2, 0.25) is 10.0 Å². The Morgan fingerprint density at radius 1 is 1.21 bits per heavy atom. The highest BCUT2D eigenvalue weighted by Crippen LogP contribution is 2.32. The SMILES string of the molecule is CC(C)CC(=O)Nc1ccc2oc(-c3cc(Cl)ccc3Cl)nc2c1. The fraction of sp³-hybridized carbons (Fsp3) is 0.222. The number of hydrogen-bond acceptors (Lipinski definition) is 3. The van der Waals surface area contributed by atoms with Gasteiger partial charge in [-0.1, -0.05) is 37.0 Å². The highest BCUT2D eigenvalue weighted by atomic mass is 35.5. The van der Waals surface area contributed by atoms with Gasteiger partial charge < -0.3 is 9.73 Å². The first kappa shape index (κ1) is 16.8. The molecule has 1 N–H and O–H groups in total. The summed E-state index contributed by atoms with van der Waals surface area (Å²) in [5.41, 5.74) is 2.57. The number of anilines is 1. The molecule has 1 heterocycles. The minimum atomic E-state index is -0.0223. The number of aromatic nitrogens is 1. The molecule has 0 radical (unpaired) electrons. The Bertz CT molecular complexity index is 903. The Balaban J connectivity index is 1.92. The number of hydrogen-bond donors (Lipinski definition) is 1. The van der Waals surface area contributed by atoms with Crippen LogP contribution >= 0.6 is 23.2 Å². The van der Waals surface area contributed by atoms with Crippen molar-refractivity contribution in [3.8, 4) is 11.5 Å². The lowest BCUT2D eigenvalue weighted by atomic mass is 10.1. The van der Waals surface area contributed by atoms with Crippen molar-refractivity contribution in [2.45, 2.75) is 20.3 Å². The molecule has 0 bridgehead atoms. The van der Waals surface area contributed by atoms with E-state index in [-0.39, 0.29) is 5.91 Å². The van der Waals surface area contributed by atoms with Crippen LogP contribution in [0.1, 0.15) is 20.3 Å². The number of carbonyl (C=O) groups excluding carboxylic acids is 1. The normalized spacial score (nSPS) is 11.2. The Labute approximate surface area is 149 Å². The summed E-state index contributed by atoms with van der Waals surface area (Å²) in [6.07, 6.45) is 0.472. The van der Waals surface area contributed by atoms with E-state index in [0.717, 1.165) is 0 Å². The molecule has 124 valence electrons. The van der Waals surface area contributed by atoms with Crippen molar-refractivity contribution in [3.05, 3.63) is 46.4 Å². The van der Waals surface area contributed by atoms with E-state index in [2.05, 4.69) is 10.3 Å². The summed E-state index contributed by atoms with van der Waals surface area (Å²) < 4.78 is 5.75. The van der Waals surface area contributed by atoms with Gasteiger partial charge >= 0.3 is 0 Å². The summed E-state index contributed by atoms with van der Waals surface area (Å²) in [6, 6.07) is 10.5. The first-order valence-corrected chi connectivity index (χ1v) is 8.34. The van der Waals surface area contributed by atoms with Crippen molar-refractivity contribution in [1.82, 2.24) is 4.98 Å². The molecule has 24 heavy (non-hydrogen) atoms. The standard InChI is InChI=1S/C18H16Cl2N2O2/c1-10(2)7-17(23)21-12-4-6-16-15(9-12)22-18(24-16)13-8-11(19)3-5-14(13)20/h3-6,8-10H,7H2,1-2H3,(H,21,23). The van der Waals surface area contributed by atoms with Crippen LogP contribution < -0.4 is 5.32 Å². The van der Waals surface area contributed by atoms with Gasteiger partial charge in [0.2, 0.25) is 11.8 Å². The van der Waals surface area contributed by atoms with E-state index in [1.54, 1.807) is 36.4 Å². The van der Waals surface area contributed by atoms with Crippen LogP contribution in [0.25, 0.3) is 22.6 Å². The number of fused-ring (bicyclic) bond motifs is 1. The minimum Gasteiger partial charge on any atom is -0.436 e. The Morgan fingerprint density at radius 2 is 2.00 bits per heavy atom. The molecule has 1 aromatic heterocycles. The quantitative estimate of drug-likeness (QED) is 0.639. The van der Waals surface area contributed by atoms with Crippen LogP contribution in [0, 0.1) is 5.92 Å². The highest BCUT2D eigenvalue weighted by Gasteiger charge is 2.13. The number of nitrogens with zero attached hydrogens (tertiary/aromatic N) is 1. The number of benzene rings is 2. The molecular weight excluding hydrogens is 347 g/mol. The van der Waals surface area contributed by atoms with Gasteiger partial charge in [-0.2, -0.15) is 0 Å². The van der Waals surface area contributed by atoms with Crippen LogP contribution in [-0.2, 0) is 4.79 Å². The molecule has 0 fully saturated rings. The predicted octanol–water partition coefficient (Wildman–Crippen LogP) is 5.79. The monoisotopic (exact) mass is 362 g/mol. The molecule has 0 saturated heterocycles. The van der Waals surface area contributed by atoms with E-state index in [0.29, 0.717) is 50.6 Å². The Hall–Kier alpha value is -2.04. The van der Waals surface area contributed by atoms with Crippen molar-refractivity contribution >= 4 is 45.9 Å². The highest BCUT2D eigenvalue weighted by molar-refractivity contribution is 6.35. The maximum Gasteiger partial charge on any atom is 0.228 e. The molecule has 2 aromatic carbocycles. The largest absolute Gasteiger partial charge is 0.436 e. The molecule has 0 aliphatic heterocycles. The second-order valence-electron chi connectivity index (χ2n) is 5.97. The number of halogens is 2. The summed E-state index contributed by atoms with van der Waals surface area (Å²) in [5, 5.41) is 3.93. The summed E-state index contributed by atoms with van der Waals surface area (Å²) in [5.74, 6) is 0.673. The topological polar surface area (TPSA) is 55.1 Å². The van der Waals surface area contributed by atoms with Crippen LogP contribution in [0.5, 0.6) is 0 Å². The van der Waals surface area contributed by atoms with Gasteiger partial charge in [0.25, 0.3) is 0 Å². The third kappa shape index (κ3) is 3.71. The fourth-order valence-corrected chi connectivity index (χ4v) is 2.74. The molecule has 0 aliphatic rings. The average molecular weight is 363 g/mol. The van der Waals surface area contributed by atoms with E-state index in [9.17, 15) is 4.79 Å². The number of oxazole rings is 1. The zero-order valence-corrected chi connectivity index (χ0v) is 14.8. The van der Waals surface area contributed by atoms with E-state index in [1.165, 1.54) is 0 Å². The van der Waals surface area contributed by atoms with Crippen LogP contribution in [-0.4, -0.2) is 10.9 Å². The van der Waals surface area contributed by atoms with Crippen molar-refractivity contribution in [2.24, 2.45) is 5.92 Å². The number of nitrogens with one attached hydrogen (secondary N) is 1. The molecular formula is C18H16Cl2N2O2. The van der Waals surface area contributed by atoms with Gasteiger partial charge in [-0.05, 0) is 42.3 Å². The zero-order chi connectivity index (χ0) is 17.3. The van der Waals surface area contributed by atoms with E-state index in [4.69, 9.17) is 27.6 Å². The maximum absolute atomic E-state index is 11.9. The first-order valence-electron chi connectivity index (χ1n) is 7.58. The first-order chi connectivity index (χ1) is 11.4. The fourth-order valence-electron chi connectivity index (χ4n) is 2.36. The molecule has 0 aliphatic carbocycles. The summed E-state index contributed by atoms with van der Waals surface area (Å²) in [4.78, 5) is 16.3. The van der Waals surface area contributed by atoms with Crippen LogP contribution in [0.3, 0.4) is 0 Å². The van der Waals surface area contributed by atoms with Crippen molar-refractivity contribution < 1.29 is 9.21 Å². The van der Waals surface area contributed by atoms with Crippen molar-refractivity contribution in [2.75, 3.05) is 5.32 Å². The molecule has 6 heteroatoms. The zero-order valence-electron chi connectivity index (χ0n) is 13.3. The third-order valence-electron chi connectivity index (χ3n) is 3.42. The Kier molecular flexibility index (Phi) is 4.78. The molecule has 3 rings (SSSR count). The average Bonchev–Trinajstić information content (AvgIpc) is 2.91. The van der Waals surface area contributed by atoms with Gasteiger partial charge in [0.15, 0.2) is 5.58 Å². The second-order valence-corrected chi connectivity index (χ2v) is 6.82. The van der Waals surface area contributed by atoms with Crippen molar-refractivity contribution in [3.63, 3.8) is 0 Å². The molecule has 0 atom stereocenters. The number of amides is 1. The van der Waals surface area contributed by atoms with Crippen LogP contribution in [0.15, 0.2) is 40.8 Å². The van der Waals surface area contributed by atoms with E-state index >= 15 is 0 Å². The maximum atomic E-state index is 11.9. The van der Waals surface area contributed by atoms with Gasteiger partial charge in [0.1, 0.15) is 5.52 Å². The molecule has 1 amide bonds. The van der Waals surface area contributed by atoms with Gasteiger partial charge in [-0.15, -0.1) is 0 Å². The van der Waals surface area contributed by atoms with E-state index < -0.39 is 0 Å². The van der Waals surface area contributed by atoms with Crippen LogP contribution in [0.4, 0.5) is 5.69 Å². The molecule has 4 nitrogen and oxygen atoms in total. The molecule has 0 saturated carbocycles. The lowest BCUT2D eigenvalue weighted by Gasteiger charge is -2.06. The lowest BCUT2D eigenvalue weighted by molar-refractivity contribution is -0.116. The smallest absolute Gasteiger partial charge is 0.228 e. The van der Waals surface area contributed by atoms with Gasteiger partial charge in [-0.25, -0.2) is 4.98 Å².